The molecule has 6 heteroatoms. The summed E-state index contributed by atoms with van der Waals surface area (Å²) < 4.78 is 11.0. The van der Waals surface area contributed by atoms with Crippen LogP contribution in [0.5, 0.6) is 5.75 Å². The molecule has 0 aliphatic heterocycles. The molecule has 1 aliphatic carbocycles. The SMILES string of the molecule is CCOC(=O)c1c(NC(=O)COc2ccc(-c3ccc(C)cc3)cc2)sc2c1CC[C@H](C)C2. The Labute approximate surface area is 198 Å². The molecule has 5 nitrogen and oxygen atoms in total. The number of rotatable bonds is 7. The van der Waals surface area contributed by atoms with Gasteiger partial charge in [-0.1, -0.05) is 48.9 Å². The molecule has 0 fully saturated rings. The van der Waals surface area contributed by atoms with E-state index in [1.54, 1.807) is 6.92 Å². The molecule has 0 saturated heterocycles. The van der Waals surface area contributed by atoms with Crippen LogP contribution in [-0.4, -0.2) is 25.1 Å². The number of esters is 1. The normalized spacial score (nSPS) is 14.9. The largest absolute Gasteiger partial charge is 0.484 e. The predicted molar refractivity (Wildman–Crippen MR) is 132 cm³/mol. The number of nitrogens with one attached hydrogen (secondary N) is 1. The summed E-state index contributed by atoms with van der Waals surface area (Å²) in [5.41, 5.74) is 4.98. The molecule has 1 N–H and O–H groups in total. The number of thiophene rings is 1. The smallest absolute Gasteiger partial charge is 0.341 e. The van der Waals surface area contributed by atoms with Gasteiger partial charge in [-0.15, -0.1) is 11.3 Å². The first kappa shape index (κ1) is 23.1. The average Bonchev–Trinajstić information content (AvgIpc) is 3.15. The van der Waals surface area contributed by atoms with Gasteiger partial charge < -0.3 is 14.8 Å². The molecule has 4 rings (SSSR count). The van der Waals surface area contributed by atoms with Crippen molar-refractivity contribution < 1.29 is 19.1 Å². The molecule has 1 atom stereocenters. The fourth-order valence-corrected chi connectivity index (χ4v) is 5.47. The second-order valence-corrected chi connectivity index (χ2v) is 9.61. The zero-order chi connectivity index (χ0) is 23.4. The molecule has 2 aromatic carbocycles. The molecule has 1 aromatic heterocycles. The molecule has 1 aliphatic rings. The van der Waals surface area contributed by atoms with Crippen LogP contribution < -0.4 is 10.1 Å². The molecule has 33 heavy (non-hydrogen) atoms. The van der Waals surface area contributed by atoms with Crippen LogP contribution in [0.1, 0.15) is 46.6 Å². The van der Waals surface area contributed by atoms with Crippen molar-refractivity contribution in [3.63, 3.8) is 0 Å². The molecular weight excluding hydrogens is 434 g/mol. The summed E-state index contributed by atoms with van der Waals surface area (Å²) in [5.74, 6) is 0.522. The van der Waals surface area contributed by atoms with Crippen molar-refractivity contribution in [1.82, 2.24) is 0 Å². The lowest BCUT2D eigenvalue weighted by Crippen LogP contribution is -2.21. The van der Waals surface area contributed by atoms with Crippen LogP contribution >= 0.6 is 11.3 Å². The van der Waals surface area contributed by atoms with Gasteiger partial charge in [-0.3, -0.25) is 4.79 Å². The van der Waals surface area contributed by atoms with Crippen LogP contribution in [0.15, 0.2) is 48.5 Å². The first-order valence-electron chi connectivity index (χ1n) is 11.4. The number of hydrogen-bond acceptors (Lipinski definition) is 5. The molecule has 0 spiro atoms. The van der Waals surface area contributed by atoms with E-state index >= 15 is 0 Å². The molecule has 0 bridgehead atoms. The molecule has 172 valence electrons. The summed E-state index contributed by atoms with van der Waals surface area (Å²) in [5, 5.41) is 3.45. The molecule has 3 aromatic rings. The number of hydrogen-bond donors (Lipinski definition) is 1. The third kappa shape index (κ3) is 5.45. The number of anilines is 1. The third-order valence-electron chi connectivity index (χ3n) is 5.85. The summed E-state index contributed by atoms with van der Waals surface area (Å²) in [6.07, 6.45) is 2.79. The van der Waals surface area contributed by atoms with Gasteiger partial charge in [0.1, 0.15) is 10.8 Å². The highest BCUT2D eigenvalue weighted by atomic mass is 32.1. The van der Waals surface area contributed by atoms with Crippen molar-refractivity contribution in [2.75, 3.05) is 18.5 Å². The zero-order valence-corrected chi connectivity index (χ0v) is 20.1. The van der Waals surface area contributed by atoms with Crippen LogP contribution in [0.2, 0.25) is 0 Å². The van der Waals surface area contributed by atoms with E-state index in [-0.39, 0.29) is 18.5 Å². The van der Waals surface area contributed by atoms with Gasteiger partial charge in [-0.25, -0.2) is 4.79 Å². The first-order valence-corrected chi connectivity index (χ1v) is 12.2. The summed E-state index contributed by atoms with van der Waals surface area (Å²) >= 11 is 1.48. The maximum atomic E-state index is 12.6. The number of carbonyl (C=O) groups excluding carboxylic acids is 2. The number of amides is 1. The quantitative estimate of drug-likeness (QED) is 0.434. The van der Waals surface area contributed by atoms with Gasteiger partial charge in [-0.05, 0) is 67.9 Å². The summed E-state index contributed by atoms with van der Waals surface area (Å²) in [6, 6.07) is 16.0. The molecule has 1 heterocycles. The predicted octanol–water partition coefficient (Wildman–Crippen LogP) is 6.04. The number of aryl methyl sites for hydroxylation is 1. The van der Waals surface area contributed by atoms with Gasteiger partial charge in [-0.2, -0.15) is 0 Å². The molecule has 0 unspecified atom stereocenters. The monoisotopic (exact) mass is 463 g/mol. The molecule has 0 saturated carbocycles. The number of carbonyl (C=O) groups is 2. The van der Waals surface area contributed by atoms with E-state index in [9.17, 15) is 9.59 Å². The van der Waals surface area contributed by atoms with E-state index in [4.69, 9.17) is 9.47 Å². The Morgan fingerprint density at radius 1 is 1.06 bits per heavy atom. The van der Waals surface area contributed by atoms with Crippen molar-refractivity contribution in [3.8, 4) is 16.9 Å². The van der Waals surface area contributed by atoms with Crippen LogP contribution in [0.3, 0.4) is 0 Å². The second-order valence-electron chi connectivity index (χ2n) is 8.50. The van der Waals surface area contributed by atoms with Gasteiger partial charge in [0.2, 0.25) is 0 Å². The third-order valence-corrected chi connectivity index (χ3v) is 7.02. The van der Waals surface area contributed by atoms with E-state index in [1.165, 1.54) is 21.8 Å². The molecule has 0 radical (unpaired) electrons. The lowest BCUT2D eigenvalue weighted by Gasteiger charge is -2.18. The van der Waals surface area contributed by atoms with Gasteiger partial charge in [0.15, 0.2) is 6.61 Å². The van der Waals surface area contributed by atoms with E-state index in [0.717, 1.165) is 36.0 Å². The fourth-order valence-electron chi connectivity index (χ4n) is 4.06. The van der Waals surface area contributed by atoms with E-state index in [2.05, 4.69) is 43.4 Å². The standard InChI is InChI=1S/C27H29NO4S/c1-4-31-27(30)25-22-14-7-18(3)15-23(22)33-26(25)28-24(29)16-32-21-12-10-20(11-13-21)19-8-5-17(2)6-9-19/h5-6,8-13,18H,4,7,14-16H2,1-3H3,(H,28,29)/t18-/m0/s1. The Morgan fingerprint density at radius 2 is 1.73 bits per heavy atom. The van der Waals surface area contributed by atoms with Gasteiger partial charge >= 0.3 is 5.97 Å². The van der Waals surface area contributed by atoms with Crippen molar-refractivity contribution in [2.24, 2.45) is 5.92 Å². The highest BCUT2D eigenvalue weighted by molar-refractivity contribution is 7.17. The van der Waals surface area contributed by atoms with Crippen LogP contribution in [-0.2, 0) is 22.4 Å². The minimum Gasteiger partial charge on any atom is -0.484 e. The number of fused-ring (bicyclic) bond motifs is 1. The Bertz CT molecular complexity index is 1130. The van der Waals surface area contributed by atoms with Gasteiger partial charge in [0.05, 0.1) is 12.2 Å². The van der Waals surface area contributed by atoms with Crippen LogP contribution in [0, 0.1) is 12.8 Å². The lowest BCUT2D eigenvalue weighted by atomic mass is 9.88. The lowest BCUT2D eigenvalue weighted by molar-refractivity contribution is -0.118. The van der Waals surface area contributed by atoms with Crippen LogP contribution in [0.25, 0.3) is 11.1 Å². The Morgan fingerprint density at radius 3 is 2.39 bits per heavy atom. The zero-order valence-electron chi connectivity index (χ0n) is 19.3. The Kier molecular flexibility index (Phi) is 7.14. The summed E-state index contributed by atoms with van der Waals surface area (Å²) in [7, 11) is 0. The first-order chi connectivity index (χ1) is 15.9. The topological polar surface area (TPSA) is 64.6 Å². The van der Waals surface area contributed by atoms with Crippen molar-refractivity contribution >= 4 is 28.2 Å². The number of ether oxygens (including phenoxy) is 2. The molecule has 1 amide bonds. The minimum absolute atomic E-state index is 0.134. The van der Waals surface area contributed by atoms with E-state index < -0.39 is 0 Å². The average molecular weight is 464 g/mol. The Hall–Kier alpha value is -3.12. The fraction of sp³-hybridized carbons (Fsp3) is 0.333. The second kappa shape index (κ2) is 10.2. The highest BCUT2D eigenvalue weighted by Crippen LogP contribution is 2.40. The summed E-state index contributed by atoms with van der Waals surface area (Å²) in [6.45, 7) is 6.23. The minimum atomic E-state index is -0.368. The molecular formula is C27H29NO4S. The van der Waals surface area contributed by atoms with E-state index in [1.807, 2.05) is 24.3 Å². The van der Waals surface area contributed by atoms with Crippen molar-refractivity contribution in [3.05, 3.63) is 70.1 Å². The van der Waals surface area contributed by atoms with Gasteiger partial charge in [0.25, 0.3) is 5.91 Å². The maximum absolute atomic E-state index is 12.6. The summed E-state index contributed by atoms with van der Waals surface area (Å²) in [4.78, 5) is 26.4. The maximum Gasteiger partial charge on any atom is 0.341 e. The van der Waals surface area contributed by atoms with Gasteiger partial charge in [0, 0.05) is 4.88 Å². The van der Waals surface area contributed by atoms with Crippen LogP contribution in [0.4, 0.5) is 5.00 Å². The highest BCUT2D eigenvalue weighted by Gasteiger charge is 2.29. The number of benzene rings is 2. The van der Waals surface area contributed by atoms with E-state index in [0.29, 0.717) is 28.8 Å². The Balaban J connectivity index is 1.41. The van der Waals surface area contributed by atoms with Crippen molar-refractivity contribution in [2.45, 2.75) is 40.0 Å². The van der Waals surface area contributed by atoms with Crippen molar-refractivity contribution in [1.29, 1.82) is 0 Å².